The molecule has 1 aliphatic rings. The molecule has 1 fully saturated rings. The van der Waals surface area contributed by atoms with Crippen LogP contribution in [0.2, 0.25) is 0 Å². The Balaban J connectivity index is 1.78. The number of nitrogens with one attached hydrogen (secondary N) is 1. The van der Waals surface area contributed by atoms with Crippen LogP contribution in [-0.2, 0) is 11.3 Å². The van der Waals surface area contributed by atoms with E-state index in [0.717, 1.165) is 25.4 Å². The van der Waals surface area contributed by atoms with Crippen LogP contribution in [0, 0.1) is 0 Å². The van der Waals surface area contributed by atoms with Crippen LogP contribution in [0.15, 0.2) is 36.4 Å². The van der Waals surface area contributed by atoms with Crippen molar-refractivity contribution in [2.75, 3.05) is 19.8 Å². The number of rotatable bonds is 6. The Kier molecular flexibility index (Phi) is 4.73. The average molecular weight is 285 g/mol. The van der Waals surface area contributed by atoms with Gasteiger partial charge in [0, 0.05) is 25.3 Å². The van der Waals surface area contributed by atoms with Crippen LogP contribution in [0.1, 0.15) is 25.3 Å². The third kappa shape index (κ3) is 3.36. The highest BCUT2D eigenvalue weighted by molar-refractivity contribution is 5.87. The Morgan fingerprint density at radius 3 is 2.95 bits per heavy atom. The Labute approximate surface area is 126 Å². The van der Waals surface area contributed by atoms with E-state index in [1.807, 2.05) is 6.92 Å². The average Bonchev–Trinajstić information content (AvgIpc) is 3.02. The van der Waals surface area contributed by atoms with Crippen molar-refractivity contribution in [3.05, 3.63) is 42.0 Å². The number of benzene rings is 2. The normalized spacial score (nSPS) is 18.2. The van der Waals surface area contributed by atoms with Gasteiger partial charge in [0.25, 0.3) is 0 Å². The summed E-state index contributed by atoms with van der Waals surface area (Å²) in [6.45, 7) is 5.35. The summed E-state index contributed by atoms with van der Waals surface area (Å²) in [7, 11) is 0. The fraction of sp³-hybridized carbons (Fsp3) is 0.444. The van der Waals surface area contributed by atoms with E-state index in [2.05, 4.69) is 41.7 Å². The van der Waals surface area contributed by atoms with E-state index in [1.165, 1.54) is 29.2 Å². The van der Waals surface area contributed by atoms with Crippen molar-refractivity contribution in [1.82, 2.24) is 5.32 Å². The van der Waals surface area contributed by atoms with Gasteiger partial charge in [0.1, 0.15) is 5.75 Å². The maximum atomic E-state index is 5.80. The highest BCUT2D eigenvalue weighted by Crippen LogP contribution is 2.28. The van der Waals surface area contributed by atoms with E-state index in [-0.39, 0.29) is 0 Å². The lowest BCUT2D eigenvalue weighted by atomic mass is 10.0. The van der Waals surface area contributed by atoms with Gasteiger partial charge in [-0.15, -0.1) is 0 Å². The molecule has 1 saturated heterocycles. The molecule has 0 bridgehead atoms. The lowest BCUT2D eigenvalue weighted by Crippen LogP contribution is -2.26. The molecule has 0 spiro atoms. The van der Waals surface area contributed by atoms with Gasteiger partial charge < -0.3 is 14.8 Å². The van der Waals surface area contributed by atoms with Crippen LogP contribution < -0.4 is 10.1 Å². The van der Waals surface area contributed by atoms with Gasteiger partial charge in [-0.25, -0.2) is 0 Å². The maximum absolute atomic E-state index is 5.80. The summed E-state index contributed by atoms with van der Waals surface area (Å²) >= 11 is 0. The minimum absolute atomic E-state index is 0.371. The molecule has 0 radical (unpaired) electrons. The van der Waals surface area contributed by atoms with Crippen LogP contribution in [0.5, 0.6) is 5.75 Å². The van der Waals surface area contributed by atoms with Gasteiger partial charge in [-0.2, -0.15) is 0 Å². The van der Waals surface area contributed by atoms with Gasteiger partial charge in [-0.1, -0.05) is 30.3 Å². The van der Waals surface area contributed by atoms with Crippen LogP contribution in [-0.4, -0.2) is 25.9 Å². The molecule has 2 aromatic carbocycles. The van der Waals surface area contributed by atoms with Crippen molar-refractivity contribution in [2.45, 2.75) is 32.4 Å². The smallest absolute Gasteiger partial charge is 0.124 e. The fourth-order valence-corrected chi connectivity index (χ4v) is 2.95. The molecule has 1 N–H and O–H groups in total. The first-order valence-electron chi connectivity index (χ1n) is 7.84. The molecule has 21 heavy (non-hydrogen) atoms. The van der Waals surface area contributed by atoms with Crippen molar-refractivity contribution in [3.8, 4) is 5.75 Å². The van der Waals surface area contributed by atoms with Gasteiger partial charge in [-0.3, -0.25) is 0 Å². The van der Waals surface area contributed by atoms with Crippen molar-refractivity contribution in [2.24, 2.45) is 0 Å². The molecule has 3 heteroatoms. The monoisotopic (exact) mass is 285 g/mol. The van der Waals surface area contributed by atoms with E-state index < -0.39 is 0 Å². The Morgan fingerprint density at radius 2 is 2.14 bits per heavy atom. The van der Waals surface area contributed by atoms with Crippen molar-refractivity contribution in [1.29, 1.82) is 0 Å². The molecule has 112 valence electrons. The predicted octanol–water partition coefficient (Wildman–Crippen LogP) is 3.51. The highest BCUT2D eigenvalue weighted by Gasteiger charge is 2.15. The number of fused-ring (bicyclic) bond motifs is 1. The molecule has 0 amide bonds. The first-order chi connectivity index (χ1) is 10.4. The van der Waals surface area contributed by atoms with Gasteiger partial charge in [0.15, 0.2) is 0 Å². The van der Waals surface area contributed by atoms with Gasteiger partial charge in [0.2, 0.25) is 0 Å². The number of ether oxygens (including phenoxy) is 2. The number of hydrogen-bond acceptors (Lipinski definition) is 3. The van der Waals surface area contributed by atoms with E-state index in [1.54, 1.807) is 0 Å². The first kappa shape index (κ1) is 14.4. The second-order valence-electron chi connectivity index (χ2n) is 5.46. The minimum atomic E-state index is 0.371. The second kappa shape index (κ2) is 6.92. The van der Waals surface area contributed by atoms with E-state index in [4.69, 9.17) is 9.47 Å². The summed E-state index contributed by atoms with van der Waals surface area (Å²) < 4.78 is 11.5. The summed E-state index contributed by atoms with van der Waals surface area (Å²) in [4.78, 5) is 0. The third-order valence-electron chi connectivity index (χ3n) is 4.00. The lowest BCUT2D eigenvalue weighted by molar-refractivity contribution is 0.110. The molecule has 1 atom stereocenters. The van der Waals surface area contributed by atoms with E-state index >= 15 is 0 Å². The second-order valence-corrected chi connectivity index (χ2v) is 5.46. The Bertz CT molecular complexity index is 591. The zero-order valence-electron chi connectivity index (χ0n) is 12.6. The SMILES string of the molecule is CCOc1ccc2ccccc2c1CNCC1CCCO1. The van der Waals surface area contributed by atoms with Crippen molar-refractivity contribution >= 4 is 10.8 Å². The molecule has 0 saturated carbocycles. The molecule has 0 aromatic heterocycles. The van der Waals surface area contributed by atoms with Crippen molar-refractivity contribution < 1.29 is 9.47 Å². The highest BCUT2D eigenvalue weighted by atomic mass is 16.5. The van der Waals surface area contributed by atoms with Gasteiger partial charge >= 0.3 is 0 Å². The van der Waals surface area contributed by atoms with Crippen molar-refractivity contribution in [3.63, 3.8) is 0 Å². The molecule has 2 aromatic rings. The summed E-state index contributed by atoms with van der Waals surface area (Å²) in [6.07, 6.45) is 2.72. The van der Waals surface area contributed by atoms with Crippen LogP contribution in [0.3, 0.4) is 0 Å². The molecule has 0 aliphatic carbocycles. The lowest BCUT2D eigenvalue weighted by Gasteiger charge is -2.16. The molecule has 3 rings (SSSR count). The molecule has 3 nitrogen and oxygen atoms in total. The summed E-state index contributed by atoms with van der Waals surface area (Å²) in [5.74, 6) is 0.982. The topological polar surface area (TPSA) is 30.5 Å². The fourth-order valence-electron chi connectivity index (χ4n) is 2.95. The van der Waals surface area contributed by atoms with Crippen LogP contribution in [0.25, 0.3) is 10.8 Å². The summed E-state index contributed by atoms with van der Waals surface area (Å²) in [5.41, 5.74) is 1.24. The third-order valence-corrected chi connectivity index (χ3v) is 4.00. The van der Waals surface area contributed by atoms with E-state index in [0.29, 0.717) is 12.7 Å². The molecule has 1 aliphatic heterocycles. The van der Waals surface area contributed by atoms with Crippen LogP contribution >= 0.6 is 0 Å². The maximum Gasteiger partial charge on any atom is 0.124 e. The zero-order valence-corrected chi connectivity index (χ0v) is 12.6. The largest absolute Gasteiger partial charge is 0.494 e. The summed E-state index contributed by atoms with van der Waals surface area (Å²) in [5, 5.41) is 6.06. The Morgan fingerprint density at radius 1 is 1.24 bits per heavy atom. The van der Waals surface area contributed by atoms with Gasteiger partial charge in [0.05, 0.1) is 12.7 Å². The molecule has 1 unspecified atom stereocenters. The summed E-state index contributed by atoms with van der Waals surface area (Å²) in [6, 6.07) is 12.7. The molecule has 1 heterocycles. The Hall–Kier alpha value is -1.58. The standard InChI is InChI=1S/C18H23NO2/c1-2-20-18-10-9-14-6-3-4-8-16(14)17(18)13-19-12-15-7-5-11-21-15/h3-4,6,8-10,15,19H,2,5,7,11-13H2,1H3. The predicted molar refractivity (Wildman–Crippen MR) is 85.8 cm³/mol. The molecular formula is C18H23NO2. The quantitative estimate of drug-likeness (QED) is 0.881. The molecular weight excluding hydrogens is 262 g/mol. The van der Waals surface area contributed by atoms with Crippen LogP contribution in [0.4, 0.5) is 0 Å². The van der Waals surface area contributed by atoms with E-state index in [9.17, 15) is 0 Å². The number of hydrogen-bond donors (Lipinski definition) is 1. The zero-order chi connectivity index (χ0) is 14.5. The minimum Gasteiger partial charge on any atom is -0.494 e. The van der Waals surface area contributed by atoms with Gasteiger partial charge in [-0.05, 0) is 36.6 Å². The first-order valence-corrected chi connectivity index (χ1v) is 7.84.